The van der Waals surface area contributed by atoms with Gasteiger partial charge in [0, 0.05) is 0 Å². The van der Waals surface area contributed by atoms with Crippen molar-refractivity contribution in [2.24, 2.45) is 16.5 Å². The zero-order valence-electron chi connectivity index (χ0n) is 12.0. The third-order valence-corrected chi connectivity index (χ3v) is 2.99. The van der Waals surface area contributed by atoms with Crippen molar-refractivity contribution in [3.63, 3.8) is 0 Å². The number of aliphatic imine (C=N–C) groups is 1. The van der Waals surface area contributed by atoms with Gasteiger partial charge in [-0.25, -0.2) is 4.99 Å². The molecule has 0 radical (unpaired) electrons. The molecule has 5 N–H and O–H groups in total. The van der Waals surface area contributed by atoms with Crippen molar-refractivity contribution in [1.29, 1.82) is 0 Å². The van der Waals surface area contributed by atoms with Crippen LogP contribution in [0.5, 0.6) is 5.75 Å². The largest absolute Gasteiger partial charge is 0.455 e. The maximum Gasteiger partial charge on any atom is 0.422 e. The van der Waals surface area contributed by atoms with E-state index in [-0.39, 0.29) is 17.0 Å². The molecule has 1 heterocycles. The van der Waals surface area contributed by atoms with Gasteiger partial charge in [-0.05, 0) is 17.7 Å². The first-order valence-electron chi connectivity index (χ1n) is 6.46. The first-order valence-corrected chi connectivity index (χ1v) is 6.46. The van der Waals surface area contributed by atoms with Crippen LogP contribution in [0.3, 0.4) is 0 Å². The topological polar surface area (TPSA) is 94.9 Å². The van der Waals surface area contributed by atoms with Crippen LogP contribution in [-0.4, -0.2) is 25.4 Å². The first-order chi connectivity index (χ1) is 11.1. The lowest BCUT2D eigenvalue weighted by Crippen LogP contribution is -2.58. The molecule has 0 amide bonds. The van der Waals surface area contributed by atoms with Crippen LogP contribution < -0.4 is 21.5 Å². The molecule has 6 nitrogen and oxygen atoms in total. The van der Waals surface area contributed by atoms with Crippen molar-refractivity contribution >= 4 is 6.02 Å². The van der Waals surface area contributed by atoms with Gasteiger partial charge >= 0.3 is 12.8 Å². The predicted molar refractivity (Wildman–Crippen MR) is 73.8 cm³/mol. The Morgan fingerprint density at radius 2 is 1.83 bits per heavy atom. The van der Waals surface area contributed by atoms with E-state index in [0.717, 1.165) is 6.20 Å². The smallest absolute Gasteiger partial charge is 0.422 e. The summed E-state index contributed by atoms with van der Waals surface area (Å²) in [5, 5.41) is 2.45. The van der Waals surface area contributed by atoms with Gasteiger partial charge in [0.05, 0.1) is 11.9 Å². The molecule has 2 rings (SSSR count). The lowest BCUT2D eigenvalue weighted by atomic mass is 9.96. The van der Waals surface area contributed by atoms with Crippen LogP contribution in [-0.2, 0) is 10.4 Å². The molecule has 0 saturated heterocycles. The number of amidine groups is 1. The molecule has 0 aliphatic carbocycles. The molecule has 0 saturated carbocycles. The van der Waals surface area contributed by atoms with Crippen molar-refractivity contribution < 1.29 is 31.4 Å². The second-order valence-electron chi connectivity index (χ2n) is 4.76. The van der Waals surface area contributed by atoms with Gasteiger partial charge in [-0.15, -0.1) is 0 Å². The van der Waals surface area contributed by atoms with E-state index in [1.54, 1.807) is 0 Å². The molecule has 0 bridgehead atoms. The van der Waals surface area contributed by atoms with Gasteiger partial charge in [0.15, 0.2) is 12.3 Å². The number of benzene rings is 1. The van der Waals surface area contributed by atoms with Crippen LogP contribution in [0.25, 0.3) is 0 Å². The van der Waals surface area contributed by atoms with Crippen LogP contribution in [0.15, 0.2) is 41.2 Å². The average molecular weight is 352 g/mol. The SMILES string of the molecule is NC1=CN=C(OCC(F)(F)F)NC1(N)c1ccc(OC(F)F)cc1. The number of alkyl halides is 5. The van der Waals surface area contributed by atoms with Crippen LogP contribution in [0.2, 0.25) is 0 Å². The molecule has 1 aliphatic heterocycles. The second-order valence-corrected chi connectivity index (χ2v) is 4.76. The molecule has 0 aromatic heterocycles. The maximum atomic E-state index is 12.2. The summed E-state index contributed by atoms with van der Waals surface area (Å²) in [5.41, 5.74) is 10.5. The zero-order valence-corrected chi connectivity index (χ0v) is 12.0. The van der Waals surface area contributed by atoms with E-state index in [0.29, 0.717) is 0 Å². The highest BCUT2D eigenvalue weighted by atomic mass is 19.4. The van der Waals surface area contributed by atoms with E-state index in [9.17, 15) is 22.0 Å². The monoisotopic (exact) mass is 352 g/mol. The minimum atomic E-state index is -4.55. The summed E-state index contributed by atoms with van der Waals surface area (Å²) in [5.74, 6) is -0.113. The standard InChI is InChI=1S/C13H13F5N4O2/c14-10(15)24-8-3-1-7(2-4-8)13(20)9(19)5-21-11(22-13)23-6-12(16,17)18/h1-5,10H,6,19-20H2,(H,21,22). The summed E-state index contributed by atoms with van der Waals surface area (Å²) >= 11 is 0. The van der Waals surface area contributed by atoms with E-state index in [1.165, 1.54) is 24.3 Å². The van der Waals surface area contributed by atoms with E-state index in [4.69, 9.17) is 11.5 Å². The van der Waals surface area contributed by atoms with Crippen molar-refractivity contribution in [2.45, 2.75) is 18.5 Å². The molecular formula is C13H13F5N4O2. The number of hydrogen-bond acceptors (Lipinski definition) is 6. The summed E-state index contributed by atoms with van der Waals surface area (Å²) in [4.78, 5) is 3.58. The molecule has 1 aromatic carbocycles. The Kier molecular flexibility index (Phi) is 4.83. The van der Waals surface area contributed by atoms with Crippen LogP contribution >= 0.6 is 0 Å². The summed E-state index contributed by atoms with van der Waals surface area (Å²) in [6, 6.07) is 4.62. The summed E-state index contributed by atoms with van der Waals surface area (Å²) < 4.78 is 69.6. The minimum Gasteiger partial charge on any atom is -0.455 e. The molecule has 1 aliphatic rings. The molecule has 0 spiro atoms. The Balaban J connectivity index is 2.16. The predicted octanol–water partition coefficient (Wildman–Crippen LogP) is 1.74. The average Bonchev–Trinajstić information content (AvgIpc) is 2.48. The first kappa shape index (κ1) is 17.8. The maximum absolute atomic E-state index is 12.2. The van der Waals surface area contributed by atoms with Crippen molar-refractivity contribution in [3.05, 3.63) is 41.7 Å². The molecule has 1 unspecified atom stereocenters. The van der Waals surface area contributed by atoms with Crippen molar-refractivity contribution in [2.75, 3.05) is 6.61 Å². The highest BCUT2D eigenvalue weighted by Crippen LogP contribution is 2.26. The number of nitrogens with two attached hydrogens (primary N) is 2. The number of ether oxygens (including phenoxy) is 2. The fourth-order valence-electron chi connectivity index (χ4n) is 1.86. The number of nitrogens with zero attached hydrogens (tertiary/aromatic N) is 1. The van der Waals surface area contributed by atoms with Gasteiger partial charge < -0.3 is 20.5 Å². The Bertz CT molecular complexity index is 645. The summed E-state index contributed by atoms with van der Waals surface area (Å²) in [6.07, 6.45) is -3.51. The van der Waals surface area contributed by atoms with Gasteiger partial charge in [-0.3, -0.25) is 5.73 Å². The van der Waals surface area contributed by atoms with Crippen LogP contribution in [0.1, 0.15) is 5.56 Å². The lowest BCUT2D eigenvalue weighted by Gasteiger charge is -2.34. The minimum absolute atomic E-state index is 0.00983. The fourth-order valence-corrected chi connectivity index (χ4v) is 1.86. The third kappa shape index (κ3) is 4.25. The molecule has 24 heavy (non-hydrogen) atoms. The van der Waals surface area contributed by atoms with Crippen molar-refractivity contribution in [1.82, 2.24) is 5.32 Å². The van der Waals surface area contributed by atoms with Gasteiger partial charge in [-0.1, -0.05) is 12.1 Å². The van der Waals surface area contributed by atoms with E-state index < -0.39 is 31.1 Å². The summed E-state index contributed by atoms with van der Waals surface area (Å²) in [7, 11) is 0. The highest BCUT2D eigenvalue weighted by molar-refractivity contribution is 5.77. The third-order valence-electron chi connectivity index (χ3n) is 2.99. The molecule has 1 aromatic rings. The molecule has 132 valence electrons. The Hall–Kier alpha value is -2.56. The van der Waals surface area contributed by atoms with Crippen molar-refractivity contribution in [3.8, 4) is 5.75 Å². The quantitative estimate of drug-likeness (QED) is 0.718. The van der Waals surface area contributed by atoms with Crippen LogP contribution in [0.4, 0.5) is 22.0 Å². The van der Waals surface area contributed by atoms with E-state index in [1.807, 2.05) is 0 Å². The Morgan fingerprint density at radius 1 is 1.21 bits per heavy atom. The Morgan fingerprint density at radius 3 is 2.38 bits per heavy atom. The number of rotatable bonds is 4. The van der Waals surface area contributed by atoms with Gasteiger partial charge in [0.2, 0.25) is 0 Å². The van der Waals surface area contributed by atoms with E-state index >= 15 is 0 Å². The highest BCUT2D eigenvalue weighted by Gasteiger charge is 2.36. The number of hydrogen-bond donors (Lipinski definition) is 3. The molecule has 0 fully saturated rings. The van der Waals surface area contributed by atoms with Gasteiger partial charge in [0.25, 0.3) is 6.02 Å². The second kappa shape index (κ2) is 6.51. The Labute approximate surface area is 132 Å². The fraction of sp³-hybridized carbons (Fsp3) is 0.308. The van der Waals surface area contributed by atoms with Crippen LogP contribution in [0, 0.1) is 0 Å². The lowest BCUT2D eigenvalue weighted by molar-refractivity contribution is -0.157. The normalized spacial score (nSPS) is 21.0. The molecule has 11 heteroatoms. The summed E-state index contributed by atoms with van der Waals surface area (Å²) in [6.45, 7) is -4.56. The zero-order chi connectivity index (χ0) is 18.0. The van der Waals surface area contributed by atoms with E-state index in [2.05, 4.69) is 19.8 Å². The molecule has 1 atom stereocenters. The van der Waals surface area contributed by atoms with Gasteiger partial charge in [-0.2, -0.15) is 22.0 Å². The number of halogens is 5. The number of nitrogens with one attached hydrogen (secondary N) is 1. The molecular weight excluding hydrogens is 339 g/mol. The van der Waals surface area contributed by atoms with Gasteiger partial charge in [0.1, 0.15) is 5.75 Å².